The zero-order valence-electron chi connectivity index (χ0n) is 14.0. The minimum Gasteiger partial charge on any atom is -0.380 e. The molecule has 5 aliphatic rings. The minimum atomic E-state index is -0.928. The van der Waals surface area contributed by atoms with Crippen LogP contribution < -0.4 is 16.0 Å². The predicted molar refractivity (Wildman–Crippen MR) is 90.4 cm³/mol. The molecule has 1 saturated carbocycles. The minimum absolute atomic E-state index is 0.119. The van der Waals surface area contributed by atoms with Crippen molar-refractivity contribution in [2.75, 3.05) is 11.9 Å². The Kier molecular flexibility index (Phi) is 3.21. The van der Waals surface area contributed by atoms with Crippen LogP contribution in [0.1, 0.15) is 40.0 Å². The summed E-state index contributed by atoms with van der Waals surface area (Å²) in [6.07, 6.45) is 1.45. The number of carbonyl (C=O) groups excluding carboxylic acids is 4. The van der Waals surface area contributed by atoms with Crippen molar-refractivity contribution in [3.63, 3.8) is 0 Å². The number of hydrogen-bond acceptors (Lipinski definition) is 6. The number of hydrogen-bond donors (Lipinski definition) is 3. The lowest BCUT2D eigenvalue weighted by atomic mass is 9.80. The summed E-state index contributed by atoms with van der Waals surface area (Å²) in [6, 6.07) is 5.02. The van der Waals surface area contributed by atoms with Crippen LogP contribution in [-0.4, -0.2) is 53.2 Å². The first-order chi connectivity index (χ1) is 12.5. The van der Waals surface area contributed by atoms with Crippen molar-refractivity contribution < 1.29 is 19.2 Å². The summed E-state index contributed by atoms with van der Waals surface area (Å²) >= 11 is 0. The third kappa shape index (κ3) is 2.11. The van der Waals surface area contributed by atoms with Crippen LogP contribution in [-0.2, 0) is 9.59 Å². The zero-order chi connectivity index (χ0) is 18.0. The number of nitrogens with zero attached hydrogens (tertiary/aromatic N) is 1. The molecule has 134 valence electrons. The van der Waals surface area contributed by atoms with Gasteiger partial charge in [0.2, 0.25) is 11.8 Å². The van der Waals surface area contributed by atoms with E-state index < -0.39 is 23.8 Å². The highest BCUT2D eigenvalue weighted by Gasteiger charge is 2.47. The van der Waals surface area contributed by atoms with Gasteiger partial charge in [0.15, 0.2) is 0 Å². The Morgan fingerprint density at radius 3 is 2.58 bits per heavy atom. The molecule has 3 saturated heterocycles. The van der Waals surface area contributed by atoms with Crippen LogP contribution in [0.3, 0.4) is 0 Å². The molecule has 6 rings (SSSR count). The first-order valence-corrected chi connectivity index (χ1v) is 8.88. The van der Waals surface area contributed by atoms with E-state index in [1.54, 1.807) is 18.2 Å². The van der Waals surface area contributed by atoms with E-state index in [1.807, 2.05) is 0 Å². The first kappa shape index (κ1) is 15.5. The fourth-order valence-electron chi connectivity index (χ4n) is 4.45. The number of piperidine rings is 1. The molecule has 0 aromatic heterocycles. The van der Waals surface area contributed by atoms with Gasteiger partial charge in [0.1, 0.15) is 6.04 Å². The Morgan fingerprint density at radius 2 is 1.88 bits per heavy atom. The van der Waals surface area contributed by atoms with Gasteiger partial charge in [0.25, 0.3) is 11.8 Å². The maximum absolute atomic E-state index is 12.8. The van der Waals surface area contributed by atoms with E-state index in [1.165, 1.54) is 6.42 Å². The van der Waals surface area contributed by atoms with Gasteiger partial charge >= 0.3 is 0 Å². The van der Waals surface area contributed by atoms with Gasteiger partial charge in [-0.3, -0.25) is 29.4 Å². The second kappa shape index (κ2) is 5.38. The summed E-state index contributed by atoms with van der Waals surface area (Å²) in [7, 11) is 0. The van der Waals surface area contributed by atoms with Crippen LogP contribution in [0.2, 0.25) is 0 Å². The van der Waals surface area contributed by atoms with Crippen LogP contribution in [0.25, 0.3) is 0 Å². The van der Waals surface area contributed by atoms with Crippen molar-refractivity contribution in [3.05, 3.63) is 29.3 Å². The molecule has 1 aromatic rings. The molecule has 4 aliphatic heterocycles. The number of nitrogens with one attached hydrogen (secondary N) is 3. The molecule has 8 nitrogen and oxygen atoms in total. The number of amides is 4. The SMILES string of the molecule is O=C1CCC(N2C(=O)c3ccc(N[C@@H]4[C@@H]5CN[C@H]4C5)cc3C2=O)C(=O)N1. The molecule has 4 atom stereocenters. The summed E-state index contributed by atoms with van der Waals surface area (Å²) in [5.41, 5.74) is 1.42. The first-order valence-electron chi connectivity index (χ1n) is 8.88. The van der Waals surface area contributed by atoms with Crippen molar-refractivity contribution in [1.82, 2.24) is 15.5 Å². The molecule has 1 aliphatic carbocycles. The Morgan fingerprint density at radius 1 is 1.08 bits per heavy atom. The second-order valence-corrected chi connectivity index (χ2v) is 7.39. The topological polar surface area (TPSA) is 108 Å². The number of rotatable bonds is 3. The fraction of sp³-hybridized carbons (Fsp3) is 0.444. The number of anilines is 1. The quantitative estimate of drug-likeness (QED) is 0.652. The Balaban J connectivity index is 1.40. The highest BCUT2D eigenvalue weighted by Crippen LogP contribution is 2.37. The van der Waals surface area contributed by atoms with Gasteiger partial charge < -0.3 is 10.6 Å². The molecule has 26 heavy (non-hydrogen) atoms. The van der Waals surface area contributed by atoms with Crippen molar-refractivity contribution in [3.8, 4) is 0 Å². The molecule has 0 spiro atoms. The average Bonchev–Trinajstić information content (AvgIpc) is 3.30. The third-order valence-corrected chi connectivity index (χ3v) is 5.91. The van der Waals surface area contributed by atoms with Crippen molar-refractivity contribution in [2.45, 2.75) is 37.4 Å². The summed E-state index contributed by atoms with van der Waals surface area (Å²) in [5, 5.41) is 9.07. The molecule has 3 N–H and O–H groups in total. The number of benzene rings is 1. The van der Waals surface area contributed by atoms with E-state index in [4.69, 9.17) is 0 Å². The molecule has 1 aromatic carbocycles. The molecule has 1 unspecified atom stereocenters. The van der Waals surface area contributed by atoms with E-state index in [-0.39, 0.29) is 18.7 Å². The van der Waals surface area contributed by atoms with E-state index in [2.05, 4.69) is 16.0 Å². The highest BCUT2D eigenvalue weighted by atomic mass is 16.2. The lowest BCUT2D eigenvalue weighted by Crippen LogP contribution is -2.54. The molecule has 2 bridgehead atoms. The molecule has 0 radical (unpaired) electrons. The summed E-state index contributed by atoms with van der Waals surface area (Å²) in [4.78, 5) is 49.8. The zero-order valence-corrected chi connectivity index (χ0v) is 14.0. The molecular weight excluding hydrogens is 336 g/mol. The standard InChI is InChI=1S/C18H18N4O4/c23-14-4-3-13(16(24)21-14)22-17(25)10-2-1-9(6-11(10)18(22)26)20-15-8-5-12(15)19-7-8/h1-2,6,8,12-13,15,19-20H,3-5,7H2,(H,21,23,24)/t8-,12-,13?,15+/m0/s1. The molecule has 4 fully saturated rings. The van der Waals surface area contributed by atoms with E-state index in [0.717, 1.165) is 17.1 Å². The Hall–Kier alpha value is -2.74. The van der Waals surface area contributed by atoms with Gasteiger partial charge in [-0.25, -0.2) is 0 Å². The van der Waals surface area contributed by atoms with Crippen LogP contribution in [0.5, 0.6) is 0 Å². The van der Waals surface area contributed by atoms with Gasteiger partial charge in [0, 0.05) is 30.7 Å². The van der Waals surface area contributed by atoms with E-state index >= 15 is 0 Å². The second-order valence-electron chi connectivity index (χ2n) is 7.39. The Labute approximate surface area is 149 Å². The molecule has 4 heterocycles. The van der Waals surface area contributed by atoms with Crippen LogP contribution in [0.15, 0.2) is 18.2 Å². The number of fused-ring (bicyclic) bond motifs is 2. The van der Waals surface area contributed by atoms with Crippen LogP contribution in [0, 0.1) is 5.92 Å². The largest absolute Gasteiger partial charge is 0.380 e. The highest BCUT2D eigenvalue weighted by molar-refractivity contribution is 6.23. The van der Waals surface area contributed by atoms with E-state index in [9.17, 15) is 19.2 Å². The average molecular weight is 354 g/mol. The summed E-state index contributed by atoms with van der Waals surface area (Å²) < 4.78 is 0. The van der Waals surface area contributed by atoms with Gasteiger partial charge in [-0.2, -0.15) is 0 Å². The van der Waals surface area contributed by atoms with Crippen molar-refractivity contribution in [1.29, 1.82) is 0 Å². The van der Waals surface area contributed by atoms with Gasteiger partial charge in [-0.1, -0.05) is 0 Å². The van der Waals surface area contributed by atoms with E-state index in [0.29, 0.717) is 29.1 Å². The van der Waals surface area contributed by atoms with Gasteiger partial charge in [-0.15, -0.1) is 0 Å². The smallest absolute Gasteiger partial charge is 0.262 e. The van der Waals surface area contributed by atoms with Gasteiger partial charge in [-0.05, 0) is 37.0 Å². The normalized spacial score (nSPS) is 32.4. The lowest BCUT2D eigenvalue weighted by molar-refractivity contribution is -0.136. The predicted octanol–water partition coefficient (Wildman–Crippen LogP) is -0.140. The molecule has 8 heteroatoms. The lowest BCUT2D eigenvalue weighted by Gasteiger charge is -2.35. The van der Waals surface area contributed by atoms with Crippen LogP contribution >= 0.6 is 0 Å². The van der Waals surface area contributed by atoms with Gasteiger partial charge in [0.05, 0.1) is 11.1 Å². The molecule has 4 amide bonds. The maximum Gasteiger partial charge on any atom is 0.262 e. The number of imide groups is 2. The van der Waals surface area contributed by atoms with Crippen LogP contribution in [0.4, 0.5) is 5.69 Å². The number of carbonyl (C=O) groups is 4. The Bertz CT molecular complexity index is 853. The van der Waals surface area contributed by atoms with Crippen molar-refractivity contribution in [2.24, 2.45) is 5.92 Å². The summed E-state index contributed by atoms with van der Waals surface area (Å²) in [6.45, 7) is 1.01. The fourth-order valence-corrected chi connectivity index (χ4v) is 4.45. The summed E-state index contributed by atoms with van der Waals surface area (Å²) in [5.74, 6) is -1.32. The van der Waals surface area contributed by atoms with Crippen molar-refractivity contribution >= 4 is 29.3 Å². The molecular formula is C18H18N4O4. The third-order valence-electron chi connectivity index (χ3n) is 5.91. The maximum atomic E-state index is 12.8. The monoisotopic (exact) mass is 354 g/mol.